The SMILES string of the molecule is Cn1cc(CCS(=O)c2cc(Br)ccc2N)cn1. The molecule has 1 aromatic heterocycles. The Morgan fingerprint density at radius 2 is 2.28 bits per heavy atom. The zero-order valence-electron chi connectivity index (χ0n) is 9.97. The number of anilines is 1. The van der Waals surface area contributed by atoms with E-state index >= 15 is 0 Å². The van der Waals surface area contributed by atoms with Gasteiger partial charge in [-0.25, -0.2) is 0 Å². The lowest BCUT2D eigenvalue weighted by Crippen LogP contribution is -2.04. The number of rotatable bonds is 4. The average Bonchev–Trinajstić information content (AvgIpc) is 2.75. The van der Waals surface area contributed by atoms with Crippen molar-refractivity contribution < 1.29 is 4.21 Å². The van der Waals surface area contributed by atoms with Crippen LogP contribution in [0.4, 0.5) is 5.69 Å². The minimum Gasteiger partial charge on any atom is -0.398 e. The predicted molar refractivity (Wildman–Crippen MR) is 76.7 cm³/mol. The summed E-state index contributed by atoms with van der Waals surface area (Å²) in [5.41, 5.74) is 7.49. The van der Waals surface area contributed by atoms with Crippen molar-refractivity contribution in [3.05, 3.63) is 40.6 Å². The van der Waals surface area contributed by atoms with Gasteiger partial charge < -0.3 is 5.73 Å². The zero-order valence-corrected chi connectivity index (χ0v) is 12.4. The maximum absolute atomic E-state index is 12.2. The van der Waals surface area contributed by atoms with Crippen LogP contribution in [0.3, 0.4) is 0 Å². The maximum Gasteiger partial charge on any atom is 0.0628 e. The molecule has 2 rings (SSSR count). The minimum atomic E-state index is -1.09. The van der Waals surface area contributed by atoms with Crippen molar-refractivity contribution in [2.75, 3.05) is 11.5 Å². The average molecular weight is 328 g/mol. The molecule has 0 radical (unpaired) electrons. The second-order valence-corrected chi connectivity index (χ2v) is 6.46. The molecule has 18 heavy (non-hydrogen) atoms. The quantitative estimate of drug-likeness (QED) is 0.875. The Kier molecular flexibility index (Phi) is 4.19. The van der Waals surface area contributed by atoms with Crippen LogP contribution >= 0.6 is 15.9 Å². The third-order valence-electron chi connectivity index (χ3n) is 2.56. The number of hydrogen-bond acceptors (Lipinski definition) is 3. The van der Waals surface area contributed by atoms with Crippen LogP contribution in [0, 0.1) is 0 Å². The van der Waals surface area contributed by atoms with Gasteiger partial charge in [0.2, 0.25) is 0 Å². The Balaban J connectivity index is 2.05. The Morgan fingerprint density at radius 1 is 1.50 bits per heavy atom. The van der Waals surface area contributed by atoms with E-state index in [1.165, 1.54) is 0 Å². The number of halogens is 1. The molecular weight excluding hydrogens is 314 g/mol. The van der Waals surface area contributed by atoms with Gasteiger partial charge in [-0.1, -0.05) is 15.9 Å². The highest BCUT2D eigenvalue weighted by Gasteiger charge is 2.09. The van der Waals surface area contributed by atoms with Crippen LogP contribution in [0.5, 0.6) is 0 Å². The van der Waals surface area contributed by atoms with Gasteiger partial charge in [-0.3, -0.25) is 8.89 Å². The molecule has 0 saturated carbocycles. The number of nitrogens with two attached hydrogens (primary N) is 1. The van der Waals surface area contributed by atoms with E-state index in [4.69, 9.17) is 5.73 Å². The highest BCUT2D eigenvalue weighted by atomic mass is 79.9. The van der Waals surface area contributed by atoms with Crippen LogP contribution in [-0.4, -0.2) is 19.7 Å². The van der Waals surface area contributed by atoms with Crippen molar-refractivity contribution in [1.82, 2.24) is 9.78 Å². The molecule has 1 aromatic carbocycles. The first kappa shape index (κ1) is 13.3. The van der Waals surface area contributed by atoms with Crippen LogP contribution in [0.15, 0.2) is 40.0 Å². The number of nitrogens with zero attached hydrogens (tertiary/aromatic N) is 2. The van der Waals surface area contributed by atoms with Gasteiger partial charge in [-0.15, -0.1) is 0 Å². The number of nitrogen functional groups attached to an aromatic ring is 1. The molecule has 0 fully saturated rings. The van der Waals surface area contributed by atoms with E-state index in [1.54, 1.807) is 16.9 Å². The number of aromatic nitrogens is 2. The first-order valence-corrected chi connectivity index (χ1v) is 7.58. The van der Waals surface area contributed by atoms with Gasteiger partial charge in [0.1, 0.15) is 0 Å². The van der Waals surface area contributed by atoms with Gasteiger partial charge in [-0.05, 0) is 30.2 Å². The third kappa shape index (κ3) is 3.20. The van der Waals surface area contributed by atoms with E-state index in [-0.39, 0.29) is 0 Å². The molecule has 0 amide bonds. The molecule has 0 spiro atoms. The van der Waals surface area contributed by atoms with Gasteiger partial charge >= 0.3 is 0 Å². The molecule has 1 atom stereocenters. The van der Waals surface area contributed by atoms with Gasteiger partial charge in [0, 0.05) is 29.2 Å². The Bertz CT molecular complexity index is 582. The Labute approximate surface area is 117 Å². The Morgan fingerprint density at radius 3 is 2.94 bits per heavy atom. The van der Waals surface area contributed by atoms with E-state index in [0.717, 1.165) is 16.5 Å². The summed E-state index contributed by atoms with van der Waals surface area (Å²) >= 11 is 3.36. The summed E-state index contributed by atoms with van der Waals surface area (Å²) in [6.45, 7) is 0. The predicted octanol–water partition coefficient (Wildman–Crippen LogP) is 2.12. The van der Waals surface area contributed by atoms with Crippen molar-refractivity contribution in [3.8, 4) is 0 Å². The summed E-state index contributed by atoms with van der Waals surface area (Å²) in [6.07, 6.45) is 4.45. The second kappa shape index (κ2) is 5.67. The van der Waals surface area contributed by atoms with Crippen molar-refractivity contribution in [2.24, 2.45) is 7.05 Å². The van der Waals surface area contributed by atoms with Gasteiger partial charge in [0.25, 0.3) is 0 Å². The molecule has 96 valence electrons. The summed E-state index contributed by atoms with van der Waals surface area (Å²) < 4.78 is 14.8. The van der Waals surface area contributed by atoms with Crippen molar-refractivity contribution in [3.63, 3.8) is 0 Å². The molecule has 1 heterocycles. The Hall–Kier alpha value is -1.14. The molecule has 4 nitrogen and oxygen atoms in total. The summed E-state index contributed by atoms with van der Waals surface area (Å²) in [7, 11) is 0.779. The van der Waals surface area contributed by atoms with Crippen LogP contribution < -0.4 is 5.73 Å². The van der Waals surface area contributed by atoms with E-state index in [2.05, 4.69) is 21.0 Å². The monoisotopic (exact) mass is 327 g/mol. The summed E-state index contributed by atoms with van der Waals surface area (Å²) in [4.78, 5) is 0.688. The van der Waals surface area contributed by atoms with Crippen LogP contribution in [-0.2, 0) is 24.3 Å². The zero-order chi connectivity index (χ0) is 13.1. The summed E-state index contributed by atoms with van der Waals surface area (Å²) in [5, 5.41) is 4.08. The molecule has 0 aliphatic rings. The molecule has 6 heteroatoms. The topological polar surface area (TPSA) is 60.9 Å². The fourth-order valence-electron chi connectivity index (χ4n) is 1.63. The molecular formula is C12H14BrN3OS. The van der Waals surface area contributed by atoms with E-state index in [9.17, 15) is 4.21 Å². The normalized spacial score (nSPS) is 12.6. The van der Waals surface area contributed by atoms with Crippen LogP contribution in [0.2, 0.25) is 0 Å². The fraction of sp³-hybridized carbons (Fsp3) is 0.250. The molecule has 2 N–H and O–H groups in total. The van der Waals surface area contributed by atoms with Gasteiger partial charge in [0.15, 0.2) is 0 Å². The van der Waals surface area contributed by atoms with E-state index in [1.807, 2.05) is 25.4 Å². The largest absolute Gasteiger partial charge is 0.398 e. The number of aryl methyl sites for hydroxylation is 2. The first-order valence-electron chi connectivity index (χ1n) is 5.47. The van der Waals surface area contributed by atoms with Crippen LogP contribution in [0.25, 0.3) is 0 Å². The molecule has 0 aliphatic carbocycles. The van der Waals surface area contributed by atoms with Gasteiger partial charge in [-0.2, -0.15) is 5.10 Å². The number of benzene rings is 1. The molecule has 0 saturated heterocycles. The molecule has 1 unspecified atom stereocenters. The highest BCUT2D eigenvalue weighted by molar-refractivity contribution is 9.10. The maximum atomic E-state index is 12.2. The van der Waals surface area contributed by atoms with Crippen molar-refractivity contribution in [2.45, 2.75) is 11.3 Å². The highest BCUT2D eigenvalue weighted by Crippen LogP contribution is 2.22. The first-order chi connectivity index (χ1) is 8.56. The van der Waals surface area contributed by atoms with E-state index < -0.39 is 10.8 Å². The summed E-state index contributed by atoms with van der Waals surface area (Å²) in [5.74, 6) is 0.548. The minimum absolute atomic E-state index is 0.548. The lowest BCUT2D eigenvalue weighted by molar-refractivity contribution is 0.682. The number of hydrogen-bond donors (Lipinski definition) is 1. The van der Waals surface area contributed by atoms with Crippen LogP contribution in [0.1, 0.15) is 5.56 Å². The molecule has 0 aliphatic heterocycles. The van der Waals surface area contributed by atoms with Gasteiger partial charge in [0.05, 0.1) is 21.9 Å². The second-order valence-electron chi connectivity index (χ2n) is 4.00. The standard InChI is InChI=1S/C12H14BrN3OS/c1-16-8-9(7-15-16)4-5-18(17)12-6-10(13)2-3-11(12)14/h2-3,6-8H,4-5,14H2,1H3. The lowest BCUT2D eigenvalue weighted by atomic mass is 10.3. The summed E-state index contributed by atoms with van der Waals surface area (Å²) in [6, 6.07) is 5.42. The van der Waals surface area contributed by atoms with E-state index in [0.29, 0.717) is 16.3 Å². The molecule has 2 aromatic rings. The smallest absolute Gasteiger partial charge is 0.0628 e. The van der Waals surface area contributed by atoms with Crippen molar-refractivity contribution >= 4 is 32.4 Å². The molecule has 0 bridgehead atoms. The fourth-order valence-corrected chi connectivity index (χ4v) is 3.37. The van der Waals surface area contributed by atoms with Crippen molar-refractivity contribution in [1.29, 1.82) is 0 Å². The third-order valence-corrected chi connectivity index (χ3v) is 4.47. The lowest BCUT2D eigenvalue weighted by Gasteiger charge is -2.05.